The van der Waals surface area contributed by atoms with Gasteiger partial charge in [-0.2, -0.15) is 15.7 Å². The van der Waals surface area contributed by atoms with Crippen molar-refractivity contribution in [3.8, 4) is 0 Å². The van der Waals surface area contributed by atoms with Gasteiger partial charge in [-0.1, -0.05) is 0 Å². The number of hydrogen-bond donors (Lipinski definition) is 2. The zero-order chi connectivity index (χ0) is 24.7. The van der Waals surface area contributed by atoms with Crippen molar-refractivity contribution in [2.45, 2.75) is 58.7 Å². The van der Waals surface area contributed by atoms with Crippen LogP contribution in [0, 0.1) is 19.8 Å². The molecule has 0 aliphatic carbocycles. The maximum Gasteiger partial charge on any atom is 0.341 e. The molecule has 2 N–H and O–H groups in total. The van der Waals surface area contributed by atoms with Gasteiger partial charge in [0, 0.05) is 38.3 Å². The van der Waals surface area contributed by atoms with Gasteiger partial charge in [0.25, 0.3) is 5.91 Å². The van der Waals surface area contributed by atoms with E-state index in [0.29, 0.717) is 29.9 Å². The highest BCUT2D eigenvalue weighted by atomic mass is 32.1. The minimum absolute atomic E-state index is 0.134. The SMILES string of the molecule is CONC(=O)N(Cc1ccsc1)C1CCN([C@H](C)CCNC(=O)c2c(C)cc(F)nc2C)CC1. The zero-order valence-electron chi connectivity index (χ0n) is 20.3. The van der Waals surface area contributed by atoms with Crippen molar-refractivity contribution in [3.63, 3.8) is 0 Å². The van der Waals surface area contributed by atoms with E-state index in [1.54, 1.807) is 25.2 Å². The summed E-state index contributed by atoms with van der Waals surface area (Å²) in [5.41, 5.74) is 5.00. The number of carbonyl (C=O) groups excluding carboxylic acids is 2. The summed E-state index contributed by atoms with van der Waals surface area (Å²) in [4.78, 5) is 38.1. The molecule has 1 aliphatic rings. The molecule has 8 nitrogen and oxygen atoms in total. The first kappa shape index (κ1) is 26.1. The molecule has 0 saturated carbocycles. The van der Waals surface area contributed by atoms with Crippen molar-refractivity contribution in [3.05, 3.63) is 51.2 Å². The number of urea groups is 1. The Morgan fingerprint density at radius 2 is 2.09 bits per heavy atom. The Kier molecular flexibility index (Phi) is 9.37. The van der Waals surface area contributed by atoms with Gasteiger partial charge in [0.15, 0.2) is 0 Å². The van der Waals surface area contributed by atoms with E-state index in [1.165, 1.54) is 13.2 Å². The Morgan fingerprint density at radius 1 is 1.35 bits per heavy atom. The Morgan fingerprint density at radius 3 is 2.71 bits per heavy atom. The molecule has 3 heterocycles. The monoisotopic (exact) mass is 491 g/mol. The van der Waals surface area contributed by atoms with Gasteiger partial charge >= 0.3 is 6.03 Å². The second kappa shape index (κ2) is 12.2. The number of likely N-dealkylation sites (tertiary alicyclic amines) is 1. The quantitative estimate of drug-likeness (QED) is 0.413. The molecule has 0 radical (unpaired) electrons. The lowest BCUT2D eigenvalue weighted by Crippen LogP contribution is -2.51. The van der Waals surface area contributed by atoms with Crippen molar-refractivity contribution in [2.75, 3.05) is 26.7 Å². The molecule has 2 aromatic rings. The van der Waals surface area contributed by atoms with Crippen LogP contribution in [0.4, 0.5) is 9.18 Å². The van der Waals surface area contributed by atoms with E-state index in [1.807, 2.05) is 16.3 Å². The highest BCUT2D eigenvalue weighted by Gasteiger charge is 2.30. The maximum absolute atomic E-state index is 13.4. The first-order valence-electron chi connectivity index (χ1n) is 11.6. The normalized spacial score (nSPS) is 15.7. The van der Waals surface area contributed by atoms with Crippen molar-refractivity contribution in [1.82, 2.24) is 25.6 Å². The van der Waals surface area contributed by atoms with E-state index in [4.69, 9.17) is 4.84 Å². The molecule has 1 fully saturated rings. The van der Waals surface area contributed by atoms with E-state index in [-0.39, 0.29) is 24.0 Å². The average molecular weight is 492 g/mol. The van der Waals surface area contributed by atoms with Gasteiger partial charge in [-0.3, -0.25) is 9.63 Å². The van der Waals surface area contributed by atoms with E-state index in [9.17, 15) is 14.0 Å². The van der Waals surface area contributed by atoms with Crippen LogP contribution < -0.4 is 10.8 Å². The zero-order valence-corrected chi connectivity index (χ0v) is 21.1. The highest BCUT2D eigenvalue weighted by Crippen LogP contribution is 2.22. The number of nitrogens with one attached hydrogen (secondary N) is 2. The Balaban J connectivity index is 1.48. The molecule has 1 saturated heterocycles. The third-order valence-corrected chi connectivity index (χ3v) is 7.12. The van der Waals surface area contributed by atoms with Gasteiger partial charge in [-0.25, -0.2) is 15.3 Å². The number of carbonyl (C=O) groups is 2. The predicted octanol–water partition coefficient (Wildman–Crippen LogP) is 3.65. The Labute approximate surface area is 204 Å². The van der Waals surface area contributed by atoms with Gasteiger partial charge in [0.2, 0.25) is 5.95 Å². The first-order valence-corrected chi connectivity index (χ1v) is 12.5. The molecule has 3 amide bonds. The van der Waals surface area contributed by atoms with E-state index < -0.39 is 5.95 Å². The van der Waals surface area contributed by atoms with Crippen molar-refractivity contribution < 1.29 is 18.8 Å². The number of halogens is 1. The maximum atomic E-state index is 13.4. The number of piperidine rings is 1. The third kappa shape index (κ3) is 6.74. The van der Waals surface area contributed by atoms with Gasteiger partial charge in [-0.15, -0.1) is 0 Å². The number of thiophene rings is 1. The number of amides is 3. The molecule has 3 rings (SSSR count). The topological polar surface area (TPSA) is 86.8 Å². The van der Waals surface area contributed by atoms with Crippen molar-refractivity contribution in [2.24, 2.45) is 0 Å². The number of hydrogen-bond acceptors (Lipinski definition) is 6. The molecule has 34 heavy (non-hydrogen) atoms. The molecule has 186 valence electrons. The molecule has 1 aliphatic heterocycles. The molecule has 2 aromatic heterocycles. The molecule has 1 atom stereocenters. The molecule has 10 heteroatoms. The summed E-state index contributed by atoms with van der Waals surface area (Å²) >= 11 is 1.62. The number of hydroxylamine groups is 1. The van der Waals surface area contributed by atoms with Crippen LogP contribution >= 0.6 is 11.3 Å². The van der Waals surface area contributed by atoms with E-state index in [2.05, 4.69) is 33.0 Å². The highest BCUT2D eigenvalue weighted by molar-refractivity contribution is 7.07. The number of nitrogens with zero attached hydrogens (tertiary/aromatic N) is 3. The largest absolute Gasteiger partial charge is 0.352 e. The second-order valence-electron chi connectivity index (χ2n) is 8.75. The number of aryl methyl sites for hydroxylation is 2. The van der Waals surface area contributed by atoms with Crippen LogP contribution in [0.2, 0.25) is 0 Å². The van der Waals surface area contributed by atoms with Gasteiger partial charge in [-0.05, 0) is 74.1 Å². The molecule has 0 unspecified atom stereocenters. The fraction of sp³-hybridized carbons (Fsp3) is 0.542. The first-order chi connectivity index (χ1) is 16.3. The van der Waals surface area contributed by atoms with Crippen LogP contribution in [0.3, 0.4) is 0 Å². The fourth-order valence-corrected chi connectivity index (χ4v) is 5.18. The molecule has 0 aromatic carbocycles. The summed E-state index contributed by atoms with van der Waals surface area (Å²) < 4.78 is 13.4. The van der Waals surface area contributed by atoms with E-state index >= 15 is 0 Å². The standard InChI is InChI=1S/C24H34FN5O3S/c1-16-13-21(25)27-18(3)22(16)23(31)26-9-5-17(2)29-10-6-20(7-11-29)30(24(32)28-33-4)14-19-8-12-34-15-19/h8,12-13,15,17,20H,5-7,9-11,14H2,1-4H3,(H,26,31)(H,28,32)/t17-/m1/s1. The Bertz CT molecular complexity index is 941. The average Bonchev–Trinajstić information content (AvgIpc) is 3.30. The fourth-order valence-electron chi connectivity index (χ4n) is 4.52. The lowest BCUT2D eigenvalue weighted by Gasteiger charge is -2.40. The summed E-state index contributed by atoms with van der Waals surface area (Å²) in [7, 11) is 1.44. The van der Waals surface area contributed by atoms with Crippen LogP contribution in [0.1, 0.15) is 53.4 Å². The van der Waals surface area contributed by atoms with Crippen molar-refractivity contribution in [1.29, 1.82) is 0 Å². The second-order valence-corrected chi connectivity index (χ2v) is 9.53. The summed E-state index contributed by atoms with van der Waals surface area (Å²) in [6, 6.07) is 3.52. The van der Waals surface area contributed by atoms with Crippen LogP contribution in [0.5, 0.6) is 0 Å². The van der Waals surface area contributed by atoms with Crippen LogP contribution in [-0.4, -0.2) is 65.5 Å². The third-order valence-electron chi connectivity index (χ3n) is 6.39. The lowest BCUT2D eigenvalue weighted by molar-refractivity contribution is 0.0565. The number of aromatic nitrogens is 1. The summed E-state index contributed by atoms with van der Waals surface area (Å²) in [5, 5.41) is 7.02. The van der Waals surface area contributed by atoms with Gasteiger partial charge < -0.3 is 15.1 Å². The molecule has 0 spiro atoms. The summed E-state index contributed by atoms with van der Waals surface area (Å²) in [6.45, 7) is 8.35. The summed E-state index contributed by atoms with van der Waals surface area (Å²) in [5.74, 6) is -0.793. The Hall–Kier alpha value is -2.56. The molecular formula is C24H34FN5O3S. The van der Waals surface area contributed by atoms with E-state index in [0.717, 1.165) is 37.9 Å². The van der Waals surface area contributed by atoms with Gasteiger partial charge in [0.05, 0.1) is 18.4 Å². The molecule has 0 bridgehead atoms. The van der Waals surface area contributed by atoms with Crippen LogP contribution in [-0.2, 0) is 11.4 Å². The minimum Gasteiger partial charge on any atom is -0.352 e. The number of rotatable bonds is 9. The van der Waals surface area contributed by atoms with Gasteiger partial charge in [0.1, 0.15) is 0 Å². The molecular weight excluding hydrogens is 457 g/mol. The summed E-state index contributed by atoms with van der Waals surface area (Å²) in [6.07, 6.45) is 2.54. The predicted molar refractivity (Wildman–Crippen MR) is 130 cm³/mol. The minimum atomic E-state index is -0.572. The lowest BCUT2D eigenvalue weighted by atomic mass is 10.0. The van der Waals surface area contributed by atoms with Crippen molar-refractivity contribution >= 4 is 23.3 Å². The van der Waals surface area contributed by atoms with Crippen LogP contribution in [0.25, 0.3) is 0 Å². The number of pyridine rings is 1. The smallest absolute Gasteiger partial charge is 0.341 e. The van der Waals surface area contributed by atoms with Crippen LogP contribution in [0.15, 0.2) is 22.9 Å².